The minimum Gasteiger partial charge on any atom is -0.354 e. The van der Waals surface area contributed by atoms with E-state index in [9.17, 15) is 4.39 Å². The third-order valence-corrected chi connectivity index (χ3v) is 3.75. The summed E-state index contributed by atoms with van der Waals surface area (Å²) in [6.07, 6.45) is 0. The number of piperazine rings is 1. The Morgan fingerprint density at radius 3 is 2.59 bits per heavy atom. The number of anilines is 3. The maximum atomic E-state index is 13.3. The van der Waals surface area contributed by atoms with Gasteiger partial charge in [0.25, 0.3) is 0 Å². The number of hydrogen-bond acceptors (Lipinski definition) is 5. The van der Waals surface area contributed by atoms with Gasteiger partial charge in [0.15, 0.2) is 0 Å². The van der Waals surface area contributed by atoms with Crippen LogP contribution in [0.5, 0.6) is 0 Å². The summed E-state index contributed by atoms with van der Waals surface area (Å²) in [6.45, 7) is 5.89. The minimum atomic E-state index is -0.281. The second-order valence-corrected chi connectivity index (χ2v) is 5.62. The summed E-state index contributed by atoms with van der Waals surface area (Å²) < 4.78 is 13.3. The molecular weight excluding hydrogens is 281 g/mol. The largest absolute Gasteiger partial charge is 0.354 e. The smallest absolute Gasteiger partial charge is 0.229 e. The molecular formula is C16H20FN5. The Hall–Kier alpha value is -2.21. The zero-order valence-corrected chi connectivity index (χ0v) is 12.9. The van der Waals surface area contributed by atoms with Gasteiger partial charge in [0.2, 0.25) is 5.95 Å². The van der Waals surface area contributed by atoms with Gasteiger partial charge in [-0.25, -0.2) is 9.37 Å². The molecule has 1 aromatic heterocycles. The van der Waals surface area contributed by atoms with Gasteiger partial charge in [-0.15, -0.1) is 0 Å². The summed E-state index contributed by atoms with van der Waals surface area (Å²) in [5, 5.41) is 3.07. The molecule has 116 valence electrons. The van der Waals surface area contributed by atoms with E-state index in [4.69, 9.17) is 0 Å². The highest BCUT2D eigenvalue weighted by molar-refractivity contribution is 5.55. The third kappa shape index (κ3) is 3.51. The summed E-state index contributed by atoms with van der Waals surface area (Å²) >= 11 is 0. The van der Waals surface area contributed by atoms with Crippen LogP contribution in [0.1, 0.15) is 5.69 Å². The van der Waals surface area contributed by atoms with Crippen molar-refractivity contribution in [1.82, 2.24) is 14.9 Å². The number of nitrogens with zero attached hydrogens (tertiary/aromatic N) is 4. The molecule has 2 heterocycles. The molecule has 1 N–H and O–H groups in total. The van der Waals surface area contributed by atoms with E-state index in [2.05, 4.69) is 32.1 Å². The summed E-state index contributed by atoms with van der Waals surface area (Å²) in [6, 6.07) is 8.29. The van der Waals surface area contributed by atoms with Gasteiger partial charge < -0.3 is 15.1 Å². The number of rotatable bonds is 3. The Bertz CT molecular complexity index is 653. The fourth-order valence-electron chi connectivity index (χ4n) is 2.50. The zero-order valence-electron chi connectivity index (χ0n) is 12.9. The third-order valence-electron chi connectivity index (χ3n) is 3.75. The van der Waals surface area contributed by atoms with E-state index in [-0.39, 0.29) is 5.82 Å². The van der Waals surface area contributed by atoms with Gasteiger partial charge in [-0.3, -0.25) is 0 Å². The highest BCUT2D eigenvalue weighted by atomic mass is 19.1. The van der Waals surface area contributed by atoms with Gasteiger partial charge in [-0.2, -0.15) is 4.98 Å². The fraction of sp³-hybridized carbons (Fsp3) is 0.375. The fourth-order valence-corrected chi connectivity index (χ4v) is 2.50. The normalized spacial score (nSPS) is 15.9. The van der Waals surface area contributed by atoms with E-state index in [0.29, 0.717) is 11.6 Å². The number of halogens is 1. The van der Waals surface area contributed by atoms with Gasteiger partial charge in [0.1, 0.15) is 11.6 Å². The van der Waals surface area contributed by atoms with Crippen molar-refractivity contribution in [3.05, 3.63) is 41.8 Å². The van der Waals surface area contributed by atoms with Crippen molar-refractivity contribution in [2.24, 2.45) is 0 Å². The van der Waals surface area contributed by atoms with Crippen molar-refractivity contribution in [3.63, 3.8) is 0 Å². The molecule has 0 spiro atoms. The molecule has 1 fully saturated rings. The van der Waals surface area contributed by atoms with Crippen LogP contribution in [0.15, 0.2) is 30.3 Å². The van der Waals surface area contributed by atoms with Crippen LogP contribution in [-0.2, 0) is 0 Å². The Kier molecular flexibility index (Phi) is 4.20. The topological polar surface area (TPSA) is 44.3 Å². The highest BCUT2D eigenvalue weighted by Gasteiger charge is 2.16. The second kappa shape index (κ2) is 6.27. The monoisotopic (exact) mass is 301 g/mol. The van der Waals surface area contributed by atoms with Crippen LogP contribution < -0.4 is 10.2 Å². The van der Waals surface area contributed by atoms with Crippen molar-refractivity contribution >= 4 is 17.5 Å². The first-order valence-electron chi connectivity index (χ1n) is 7.42. The summed E-state index contributed by atoms with van der Waals surface area (Å²) in [5.74, 6) is 1.14. The first-order chi connectivity index (χ1) is 10.6. The molecule has 6 heteroatoms. The number of benzene rings is 1. The van der Waals surface area contributed by atoms with Crippen LogP contribution in [0.4, 0.5) is 21.8 Å². The van der Waals surface area contributed by atoms with E-state index in [0.717, 1.165) is 37.7 Å². The number of aryl methyl sites for hydroxylation is 1. The number of nitrogens with one attached hydrogen (secondary N) is 1. The molecule has 1 aliphatic rings. The van der Waals surface area contributed by atoms with Gasteiger partial charge >= 0.3 is 0 Å². The second-order valence-electron chi connectivity index (χ2n) is 5.62. The summed E-state index contributed by atoms with van der Waals surface area (Å²) in [5.41, 5.74) is 1.54. The molecule has 0 amide bonds. The number of likely N-dealkylation sites (N-methyl/N-ethyl adjacent to an activating group) is 1. The molecule has 5 nitrogen and oxygen atoms in total. The van der Waals surface area contributed by atoms with E-state index < -0.39 is 0 Å². The Balaban J connectivity index is 1.80. The van der Waals surface area contributed by atoms with Crippen molar-refractivity contribution in [2.75, 3.05) is 43.4 Å². The van der Waals surface area contributed by atoms with Crippen molar-refractivity contribution < 1.29 is 4.39 Å². The molecule has 0 radical (unpaired) electrons. The van der Waals surface area contributed by atoms with Gasteiger partial charge in [0, 0.05) is 43.6 Å². The van der Waals surface area contributed by atoms with Crippen LogP contribution in [0, 0.1) is 12.7 Å². The van der Waals surface area contributed by atoms with E-state index in [1.807, 2.05) is 13.0 Å². The quantitative estimate of drug-likeness (QED) is 0.943. The molecule has 3 rings (SSSR count). The average Bonchev–Trinajstić information content (AvgIpc) is 2.47. The number of aromatic nitrogens is 2. The highest BCUT2D eigenvalue weighted by Crippen LogP contribution is 2.19. The summed E-state index contributed by atoms with van der Waals surface area (Å²) in [7, 11) is 2.12. The standard InChI is InChI=1S/C16H20FN5/c1-12-10-15(22-8-6-21(2)7-9-22)20-16(18-12)19-14-5-3-4-13(17)11-14/h3-5,10-11H,6-9H2,1-2H3,(H,18,19,20). The molecule has 0 atom stereocenters. The summed E-state index contributed by atoms with van der Waals surface area (Å²) in [4.78, 5) is 13.5. The molecule has 2 aromatic rings. The van der Waals surface area contributed by atoms with Gasteiger partial charge in [-0.1, -0.05) is 6.07 Å². The van der Waals surface area contributed by atoms with Gasteiger partial charge in [0.05, 0.1) is 0 Å². The maximum Gasteiger partial charge on any atom is 0.229 e. The zero-order chi connectivity index (χ0) is 15.5. The first-order valence-corrected chi connectivity index (χ1v) is 7.42. The Morgan fingerprint density at radius 2 is 1.86 bits per heavy atom. The lowest BCUT2D eigenvalue weighted by molar-refractivity contribution is 0.312. The van der Waals surface area contributed by atoms with Crippen molar-refractivity contribution in [2.45, 2.75) is 6.92 Å². The maximum absolute atomic E-state index is 13.3. The molecule has 1 aromatic carbocycles. The first kappa shape index (κ1) is 14.7. The van der Waals surface area contributed by atoms with Crippen LogP contribution >= 0.6 is 0 Å². The average molecular weight is 301 g/mol. The van der Waals surface area contributed by atoms with E-state index in [1.54, 1.807) is 12.1 Å². The number of hydrogen-bond donors (Lipinski definition) is 1. The molecule has 0 unspecified atom stereocenters. The lowest BCUT2D eigenvalue weighted by Gasteiger charge is -2.33. The van der Waals surface area contributed by atoms with Crippen LogP contribution in [0.2, 0.25) is 0 Å². The lowest BCUT2D eigenvalue weighted by Crippen LogP contribution is -2.44. The molecule has 0 saturated carbocycles. The Labute approximate surface area is 129 Å². The molecule has 1 saturated heterocycles. The molecule has 22 heavy (non-hydrogen) atoms. The van der Waals surface area contributed by atoms with E-state index in [1.165, 1.54) is 12.1 Å². The van der Waals surface area contributed by atoms with E-state index >= 15 is 0 Å². The molecule has 0 bridgehead atoms. The molecule has 1 aliphatic heterocycles. The minimum absolute atomic E-state index is 0.281. The van der Waals surface area contributed by atoms with Crippen molar-refractivity contribution in [1.29, 1.82) is 0 Å². The van der Waals surface area contributed by atoms with Crippen LogP contribution in [0.3, 0.4) is 0 Å². The van der Waals surface area contributed by atoms with Gasteiger partial charge in [-0.05, 0) is 32.2 Å². The lowest BCUT2D eigenvalue weighted by atomic mass is 10.3. The molecule has 0 aliphatic carbocycles. The predicted molar refractivity (Wildman–Crippen MR) is 86.2 cm³/mol. The Morgan fingerprint density at radius 1 is 1.09 bits per heavy atom. The predicted octanol–water partition coefficient (Wildman–Crippen LogP) is 2.42. The van der Waals surface area contributed by atoms with Crippen LogP contribution in [0.25, 0.3) is 0 Å². The van der Waals surface area contributed by atoms with Crippen LogP contribution in [-0.4, -0.2) is 48.1 Å². The SMILES string of the molecule is Cc1cc(N2CCN(C)CC2)nc(Nc2cccc(F)c2)n1. The van der Waals surface area contributed by atoms with Crippen molar-refractivity contribution in [3.8, 4) is 0 Å².